The van der Waals surface area contributed by atoms with Crippen molar-refractivity contribution in [2.75, 3.05) is 17.7 Å². The van der Waals surface area contributed by atoms with Gasteiger partial charge in [-0.05, 0) is 38.1 Å². The second-order valence-corrected chi connectivity index (χ2v) is 4.44. The van der Waals surface area contributed by atoms with Crippen molar-refractivity contribution in [1.29, 1.82) is 0 Å². The molecule has 0 spiro atoms. The second kappa shape index (κ2) is 5.06. The Hall–Kier alpha value is -2.43. The highest BCUT2D eigenvalue weighted by molar-refractivity contribution is 6.06. The van der Waals surface area contributed by atoms with E-state index in [1.165, 1.54) is 0 Å². The van der Waals surface area contributed by atoms with Gasteiger partial charge in [-0.15, -0.1) is 0 Å². The smallest absolute Gasteiger partial charge is 0.259 e. The predicted molar refractivity (Wildman–Crippen MR) is 75.1 cm³/mol. The van der Waals surface area contributed by atoms with Crippen molar-refractivity contribution in [2.24, 2.45) is 0 Å². The second-order valence-electron chi connectivity index (χ2n) is 4.44. The Kier molecular flexibility index (Phi) is 3.46. The number of benzene rings is 1. The summed E-state index contributed by atoms with van der Waals surface area (Å²) in [6.07, 6.45) is 0. The number of hydrogen-bond acceptors (Lipinski definition) is 4. The third kappa shape index (κ3) is 2.70. The third-order valence-electron chi connectivity index (χ3n) is 2.89. The zero-order chi connectivity index (χ0) is 14.0. The molecular weight excluding hydrogens is 240 g/mol. The highest BCUT2D eigenvalue weighted by Crippen LogP contribution is 2.19. The molecule has 1 aromatic heterocycles. The van der Waals surface area contributed by atoms with E-state index in [1.807, 2.05) is 19.1 Å². The number of aryl methyl sites for hydroxylation is 2. The van der Waals surface area contributed by atoms with Crippen molar-refractivity contribution < 1.29 is 4.79 Å². The lowest BCUT2D eigenvalue weighted by molar-refractivity contribution is 0.0991. The summed E-state index contributed by atoms with van der Waals surface area (Å²) < 4.78 is 0. The number of carbonyl (C=O) groups is 1. The maximum absolute atomic E-state index is 12.4. The molecule has 0 saturated heterocycles. The first-order valence-corrected chi connectivity index (χ1v) is 5.93. The van der Waals surface area contributed by atoms with Gasteiger partial charge in [-0.25, -0.2) is 0 Å². The Bertz CT molecular complexity index is 625. The summed E-state index contributed by atoms with van der Waals surface area (Å²) in [7, 11) is 1.71. The normalized spacial score (nSPS) is 10.3. The van der Waals surface area contributed by atoms with Crippen LogP contribution in [0, 0.1) is 13.8 Å². The largest absolute Gasteiger partial charge is 0.399 e. The Morgan fingerprint density at radius 3 is 2.63 bits per heavy atom. The molecule has 0 aliphatic rings. The van der Waals surface area contributed by atoms with Crippen LogP contribution in [-0.4, -0.2) is 23.2 Å². The number of nitrogens with two attached hydrogens (primary N) is 1. The standard InChI is InChI=1S/C14H16N4O/c1-9-7-13(10(2)17-16-9)14(19)18(3)12-6-4-5-11(15)8-12/h4-8H,15H2,1-3H3. The lowest BCUT2D eigenvalue weighted by atomic mass is 10.1. The molecule has 1 heterocycles. The van der Waals surface area contributed by atoms with Crippen molar-refractivity contribution in [2.45, 2.75) is 13.8 Å². The first kappa shape index (κ1) is 13.0. The monoisotopic (exact) mass is 256 g/mol. The lowest BCUT2D eigenvalue weighted by Crippen LogP contribution is -2.27. The number of hydrogen-bond donors (Lipinski definition) is 1. The van der Waals surface area contributed by atoms with E-state index in [1.54, 1.807) is 37.1 Å². The molecule has 0 aliphatic heterocycles. The van der Waals surface area contributed by atoms with Gasteiger partial charge in [0.15, 0.2) is 0 Å². The fourth-order valence-electron chi connectivity index (χ4n) is 1.80. The molecule has 1 amide bonds. The average molecular weight is 256 g/mol. The van der Waals surface area contributed by atoms with Crippen molar-refractivity contribution in [1.82, 2.24) is 10.2 Å². The Balaban J connectivity index is 2.36. The first-order valence-electron chi connectivity index (χ1n) is 5.93. The predicted octanol–water partition coefficient (Wildman–Crippen LogP) is 1.95. The van der Waals surface area contributed by atoms with E-state index in [-0.39, 0.29) is 5.91 Å². The quantitative estimate of drug-likeness (QED) is 0.834. The van der Waals surface area contributed by atoms with E-state index in [0.717, 1.165) is 11.4 Å². The first-order chi connectivity index (χ1) is 8.99. The molecule has 98 valence electrons. The molecule has 0 bridgehead atoms. The molecule has 0 fully saturated rings. The van der Waals surface area contributed by atoms with Gasteiger partial charge < -0.3 is 10.6 Å². The maximum Gasteiger partial charge on any atom is 0.259 e. The number of amides is 1. The van der Waals surface area contributed by atoms with Crippen LogP contribution in [0.4, 0.5) is 11.4 Å². The van der Waals surface area contributed by atoms with Crippen molar-refractivity contribution in [3.05, 3.63) is 47.3 Å². The highest BCUT2D eigenvalue weighted by Gasteiger charge is 2.17. The fraction of sp³-hybridized carbons (Fsp3) is 0.214. The van der Waals surface area contributed by atoms with Crippen LogP contribution in [0.25, 0.3) is 0 Å². The Morgan fingerprint density at radius 1 is 1.21 bits per heavy atom. The number of nitrogens with zero attached hydrogens (tertiary/aromatic N) is 3. The van der Waals surface area contributed by atoms with Gasteiger partial charge in [0.1, 0.15) is 0 Å². The topological polar surface area (TPSA) is 72.1 Å². The van der Waals surface area contributed by atoms with Crippen LogP contribution >= 0.6 is 0 Å². The van der Waals surface area contributed by atoms with Gasteiger partial charge in [0.2, 0.25) is 0 Å². The number of rotatable bonds is 2. The number of nitrogen functional groups attached to an aromatic ring is 1. The van der Waals surface area contributed by atoms with E-state index >= 15 is 0 Å². The summed E-state index contributed by atoms with van der Waals surface area (Å²) in [5, 5.41) is 7.90. The molecular formula is C14H16N4O. The van der Waals surface area contributed by atoms with Gasteiger partial charge in [-0.3, -0.25) is 4.79 Å². The summed E-state index contributed by atoms with van der Waals surface area (Å²) in [6.45, 7) is 3.58. The molecule has 0 aliphatic carbocycles. The van der Waals surface area contributed by atoms with E-state index < -0.39 is 0 Å². The van der Waals surface area contributed by atoms with Gasteiger partial charge in [-0.2, -0.15) is 10.2 Å². The minimum absolute atomic E-state index is 0.124. The minimum atomic E-state index is -0.124. The van der Waals surface area contributed by atoms with Crippen LogP contribution in [0.15, 0.2) is 30.3 Å². The molecule has 5 nitrogen and oxygen atoms in total. The summed E-state index contributed by atoms with van der Waals surface area (Å²) >= 11 is 0. The average Bonchev–Trinajstić information content (AvgIpc) is 2.40. The van der Waals surface area contributed by atoms with Crippen LogP contribution in [0.1, 0.15) is 21.7 Å². The number of aromatic nitrogens is 2. The SMILES string of the molecule is Cc1cc(C(=O)N(C)c2cccc(N)c2)c(C)nn1. The van der Waals surface area contributed by atoms with Crippen LogP contribution < -0.4 is 10.6 Å². The maximum atomic E-state index is 12.4. The summed E-state index contributed by atoms with van der Waals surface area (Å²) in [4.78, 5) is 14.0. The molecule has 0 saturated carbocycles. The molecule has 1 aromatic carbocycles. The highest BCUT2D eigenvalue weighted by atomic mass is 16.2. The molecule has 0 unspecified atom stereocenters. The molecule has 2 N–H and O–H groups in total. The summed E-state index contributed by atoms with van der Waals surface area (Å²) in [5.41, 5.74) is 8.99. The number of anilines is 2. The third-order valence-corrected chi connectivity index (χ3v) is 2.89. The van der Waals surface area contributed by atoms with Crippen molar-refractivity contribution >= 4 is 17.3 Å². The van der Waals surface area contributed by atoms with Crippen molar-refractivity contribution in [3.63, 3.8) is 0 Å². The molecule has 0 atom stereocenters. The molecule has 19 heavy (non-hydrogen) atoms. The van der Waals surface area contributed by atoms with Crippen LogP contribution in [-0.2, 0) is 0 Å². The number of carbonyl (C=O) groups excluding carboxylic acids is 1. The lowest BCUT2D eigenvalue weighted by Gasteiger charge is -2.18. The summed E-state index contributed by atoms with van der Waals surface area (Å²) in [5.74, 6) is -0.124. The van der Waals surface area contributed by atoms with Gasteiger partial charge >= 0.3 is 0 Å². The van der Waals surface area contributed by atoms with E-state index in [9.17, 15) is 4.79 Å². The van der Waals surface area contributed by atoms with E-state index in [4.69, 9.17) is 5.73 Å². The minimum Gasteiger partial charge on any atom is -0.399 e. The van der Waals surface area contributed by atoms with E-state index in [2.05, 4.69) is 10.2 Å². The van der Waals surface area contributed by atoms with Gasteiger partial charge in [0, 0.05) is 18.4 Å². The Morgan fingerprint density at radius 2 is 1.95 bits per heavy atom. The molecule has 5 heteroatoms. The van der Waals surface area contributed by atoms with Crippen LogP contribution in [0.3, 0.4) is 0 Å². The molecule has 2 aromatic rings. The summed E-state index contributed by atoms with van der Waals surface area (Å²) in [6, 6.07) is 8.94. The Labute approximate surface area is 112 Å². The van der Waals surface area contributed by atoms with Crippen LogP contribution in [0.2, 0.25) is 0 Å². The van der Waals surface area contributed by atoms with E-state index in [0.29, 0.717) is 16.9 Å². The van der Waals surface area contributed by atoms with Crippen molar-refractivity contribution in [3.8, 4) is 0 Å². The zero-order valence-electron chi connectivity index (χ0n) is 11.2. The van der Waals surface area contributed by atoms with Crippen LogP contribution in [0.5, 0.6) is 0 Å². The molecule has 0 radical (unpaired) electrons. The fourth-order valence-corrected chi connectivity index (χ4v) is 1.80. The molecule has 2 rings (SSSR count). The van der Waals surface area contributed by atoms with Gasteiger partial charge in [0.05, 0.1) is 17.0 Å². The van der Waals surface area contributed by atoms with Gasteiger partial charge in [-0.1, -0.05) is 6.07 Å². The van der Waals surface area contributed by atoms with Gasteiger partial charge in [0.25, 0.3) is 5.91 Å². The zero-order valence-corrected chi connectivity index (χ0v) is 11.2.